The van der Waals surface area contributed by atoms with Crippen LogP contribution in [0.4, 0.5) is 5.69 Å². The van der Waals surface area contributed by atoms with Crippen molar-refractivity contribution >= 4 is 104 Å². The first-order chi connectivity index (χ1) is 34.5. The lowest BCUT2D eigenvalue weighted by atomic mass is 9.97. The van der Waals surface area contributed by atoms with Gasteiger partial charge < -0.3 is 48.5 Å². The van der Waals surface area contributed by atoms with Crippen molar-refractivity contribution in [3.8, 4) is 5.75 Å². The summed E-state index contributed by atoms with van der Waals surface area (Å²) in [5.41, 5.74) is 7.30. The summed E-state index contributed by atoms with van der Waals surface area (Å²) < 4.78 is 111. The van der Waals surface area contributed by atoms with Gasteiger partial charge in [-0.3, -0.25) is 4.18 Å². The van der Waals surface area contributed by atoms with Crippen LogP contribution in [-0.4, -0.2) is 148 Å². The third-order valence-electron chi connectivity index (χ3n) is 9.63. The second-order valence-corrected chi connectivity index (χ2v) is 28.1. The minimum Gasteiger partial charge on any atom is -0.504 e. The van der Waals surface area contributed by atoms with E-state index < -0.39 is 52.1 Å². The zero-order chi connectivity index (χ0) is 58.0. The van der Waals surface area contributed by atoms with Crippen molar-refractivity contribution in [2.75, 3.05) is 80.6 Å². The SMILES string of the molecule is COC[C@@H](C)O.COC[C@@H](C)OS(C)(=O)=O.COC[C@H](C)S(=O)(=O)c1c(Cl)ccc(N)c1O.COC[C@H](C)S(=O)(=O)c1c(Cl)ccc2nc(C(C)(C)C)oc12.COC[C@H](C)Sc1c(Cl)ccc2nc(C(C)(C)C)oc12. The molecule has 0 fully saturated rings. The number of hydrogen-bond donors (Lipinski definition) is 3. The predicted molar refractivity (Wildman–Crippen MR) is 298 cm³/mol. The van der Waals surface area contributed by atoms with Crippen LogP contribution in [-0.2, 0) is 68.5 Å². The van der Waals surface area contributed by atoms with Crippen molar-refractivity contribution in [2.24, 2.45) is 0 Å². The number of aliphatic hydroxyl groups excluding tert-OH is 1. The minimum atomic E-state index is -3.77. The Balaban J connectivity index is 0.000000495. The Kier molecular flexibility index (Phi) is 28.9. The van der Waals surface area contributed by atoms with Crippen LogP contribution in [0.5, 0.6) is 5.75 Å². The number of aliphatic hydroxyl groups is 1. The molecular formula is C49H76Cl3N3O16S4. The van der Waals surface area contributed by atoms with Crippen LogP contribution in [0.15, 0.2) is 59.9 Å². The number of sulfone groups is 2. The zero-order valence-corrected chi connectivity index (χ0v) is 51.3. The lowest BCUT2D eigenvalue weighted by molar-refractivity contribution is 0.0765. The Bertz CT molecular complexity index is 2900. The normalized spacial score (nSPS) is 14.2. The highest BCUT2D eigenvalue weighted by Crippen LogP contribution is 2.40. The Morgan fingerprint density at radius 1 is 0.613 bits per heavy atom. The number of rotatable bonds is 18. The fourth-order valence-corrected chi connectivity index (χ4v) is 11.9. The molecule has 5 aromatic rings. The highest BCUT2D eigenvalue weighted by atomic mass is 35.5. The number of hydrogen-bond acceptors (Lipinski definition) is 20. The lowest BCUT2D eigenvalue weighted by Gasteiger charge is -2.15. The van der Waals surface area contributed by atoms with Gasteiger partial charge in [0.15, 0.2) is 36.6 Å². The van der Waals surface area contributed by atoms with Crippen molar-refractivity contribution in [1.29, 1.82) is 0 Å². The van der Waals surface area contributed by atoms with Gasteiger partial charge in [-0.15, -0.1) is 11.8 Å². The number of nitrogens with zero attached hydrogens (tertiary/aromatic N) is 2. The molecule has 26 heteroatoms. The summed E-state index contributed by atoms with van der Waals surface area (Å²) in [6.45, 7) is 22.0. The zero-order valence-electron chi connectivity index (χ0n) is 45.7. The number of halogens is 3. The molecule has 0 amide bonds. The molecule has 0 aliphatic carbocycles. The second kappa shape index (κ2) is 31.0. The number of nitrogens with two attached hydrogens (primary N) is 1. The van der Waals surface area contributed by atoms with E-state index in [1.54, 1.807) is 52.8 Å². The largest absolute Gasteiger partial charge is 0.504 e. The number of phenolic OH excluding ortho intramolecular Hbond substituents is 1. The van der Waals surface area contributed by atoms with Crippen molar-refractivity contribution < 1.29 is 72.2 Å². The van der Waals surface area contributed by atoms with Gasteiger partial charge in [0, 0.05) is 51.6 Å². The molecule has 5 rings (SSSR count). The van der Waals surface area contributed by atoms with E-state index in [0.717, 1.165) is 28.1 Å². The number of anilines is 1. The number of aromatic hydroxyl groups is 1. The van der Waals surface area contributed by atoms with Gasteiger partial charge in [-0.2, -0.15) is 8.42 Å². The molecule has 5 atom stereocenters. The van der Waals surface area contributed by atoms with E-state index in [4.69, 9.17) is 68.7 Å². The standard InChI is InChI=1S/C15H20ClNO4S.C15H20ClNO2S.C10H14ClNO4S.C5H12O4S.C4H10O2/c1-9(8-20-5)22(18,19)13-10(16)6-7-11-12(13)21-14(17-11)15(2,3)4;1-9(8-18-5)20-13-10(16)6-7-11-12(13)19-14(17-11)15(2,3)4;1-6(5-16-2)17(14,15)10-7(11)3-4-8(12)9(10)13;1-5(4-8-2)9-10(3,6)7;1-4(5)3-6-2/h6-7,9H,8H2,1-5H3;6-7,9H,8H2,1-5H3;3-4,6,13H,5,12H2,1-2H3;5H,4H2,1-3H3;4-5H,3H2,1-2H3/t2*9-;6-;5-;4-/m00011/s1. The molecule has 0 spiro atoms. The summed E-state index contributed by atoms with van der Waals surface area (Å²) in [5.74, 6) is 0.692. The number of ether oxygens (including phenoxy) is 5. The Morgan fingerprint density at radius 2 is 1.01 bits per heavy atom. The molecule has 0 radical (unpaired) electrons. The fraction of sp³-hybridized carbons (Fsp3) is 0.592. The van der Waals surface area contributed by atoms with Crippen LogP contribution in [0.1, 0.15) is 87.9 Å². The van der Waals surface area contributed by atoms with Crippen LogP contribution in [0.3, 0.4) is 0 Å². The summed E-state index contributed by atoms with van der Waals surface area (Å²) in [7, 11) is -3.17. The van der Waals surface area contributed by atoms with Crippen molar-refractivity contribution in [1.82, 2.24) is 9.97 Å². The third-order valence-corrected chi connectivity index (χ3v) is 17.1. The van der Waals surface area contributed by atoms with Crippen molar-refractivity contribution in [2.45, 2.75) is 130 Å². The van der Waals surface area contributed by atoms with Gasteiger partial charge >= 0.3 is 0 Å². The molecule has 2 aromatic heterocycles. The smallest absolute Gasteiger partial charge is 0.264 e. The van der Waals surface area contributed by atoms with E-state index >= 15 is 0 Å². The van der Waals surface area contributed by atoms with Gasteiger partial charge in [0.05, 0.1) is 87.6 Å². The predicted octanol–water partition coefficient (Wildman–Crippen LogP) is 9.94. The summed E-state index contributed by atoms with van der Waals surface area (Å²) in [6.07, 6.45) is 0.286. The van der Waals surface area contributed by atoms with Gasteiger partial charge in [0.25, 0.3) is 10.1 Å². The fourth-order valence-electron chi connectivity index (χ4n) is 6.06. The molecule has 19 nitrogen and oxygen atoms in total. The average Bonchev–Trinajstić information content (AvgIpc) is 3.93. The Morgan fingerprint density at radius 3 is 1.43 bits per heavy atom. The van der Waals surface area contributed by atoms with E-state index in [1.165, 1.54) is 46.5 Å². The van der Waals surface area contributed by atoms with Gasteiger partial charge in [-0.1, -0.05) is 83.3 Å². The van der Waals surface area contributed by atoms with E-state index in [2.05, 4.69) is 51.3 Å². The third kappa shape index (κ3) is 22.0. The van der Waals surface area contributed by atoms with E-state index in [1.807, 2.05) is 32.9 Å². The summed E-state index contributed by atoms with van der Waals surface area (Å²) >= 11 is 19.9. The number of benzene rings is 3. The quantitative estimate of drug-likeness (QED) is 0.0318. The molecule has 0 aliphatic rings. The highest BCUT2D eigenvalue weighted by Gasteiger charge is 2.33. The topological polar surface area (TPSA) is 276 Å². The van der Waals surface area contributed by atoms with Crippen molar-refractivity contribution in [3.63, 3.8) is 0 Å². The summed E-state index contributed by atoms with van der Waals surface area (Å²) in [5, 5.41) is 17.6. The number of aromatic nitrogens is 2. The number of thioether (sulfide) groups is 1. The first kappa shape index (κ1) is 70.0. The molecule has 0 unspecified atom stereocenters. The maximum absolute atomic E-state index is 12.8. The molecule has 0 saturated heterocycles. The number of oxazole rings is 2. The molecular weight excluding hydrogens is 1120 g/mol. The molecule has 75 heavy (non-hydrogen) atoms. The van der Waals surface area contributed by atoms with Crippen molar-refractivity contribution in [3.05, 3.63) is 63.2 Å². The number of phenols is 1. The van der Waals surface area contributed by atoms with Crippen LogP contribution in [0.2, 0.25) is 15.1 Å². The van der Waals surface area contributed by atoms with Gasteiger partial charge in [0.2, 0.25) is 11.8 Å². The monoisotopic (exact) mass is 1200 g/mol. The molecule has 428 valence electrons. The Hall–Kier alpha value is -3.01. The maximum atomic E-state index is 12.8. The van der Waals surface area contributed by atoms with Crippen LogP contribution >= 0.6 is 46.6 Å². The molecule has 0 saturated carbocycles. The van der Waals surface area contributed by atoms with Gasteiger partial charge in [0.1, 0.15) is 20.8 Å². The first-order valence-corrected chi connectivity index (χ1v) is 30.0. The minimum absolute atomic E-state index is 0.00685. The van der Waals surface area contributed by atoms with Gasteiger partial charge in [-0.25, -0.2) is 26.8 Å². The lowest BCUT2D eigenvalue weighted by Crippen LogP contribution is -2.23. The van der Waals surface area contributed by atoms with Gasteiger partial charge in [-0.05, 0) is 64.1 Å². The average molecular weight is 1200 g/mol. The molecule has 2 heterocycles. The van der Waals surface area contributed by atoms with Crippen LogP contribution in [0, 0.1) is 0 Å². The van der Waals surface area contributed by atoms with Crippen LogP contribution in [0.25, 0.3) is 22.2 Å². The summed E-state index contributed by atoms with van der Waals surface area (Å²) in [6, 6.07) is 9.66. The molecule has 4 N–H and O–H groups in total. The molecule has 3 aromatic carbocycles. The van der Waals surface area contributed by atoms with E-state index in [-0.39, 0.29) is 67.9 Å². The number of methoxy groups -OCH3 is 5. The second-order valence-electron chi connectivity index (χ2n) is 19.2. The summed E-state index contributed by atoms with van der Waals surface area (Å²) in [4.78, 5) is 9.54. The van der Waals surface area contributed by atoms with E-state index in [0.29, 0.717) is 34.9 Å². The maximum Gasteiger partial charge on any atom is 0.264 e. The number of nitrogen functional groups attached to an aromatic ring is 1. The van der Waals surface area contributed by atoms with E-state index in [9.17, 15) is 30.4 Å². The van der Waals surface area contributed by atoms with Crippen LogP contribution < -0.4 is 5.73 Å². The Labute approximate surface area is 462 Å². The number of fused-ring (bicyclic) bond motifs is 2. The highest BCUT2D eigenvalue weighted by molar-refractivity contribution is 8.00. The molecule has 0 aliphatic heterocycles. The molecule has 0 bridgehead atoms. The first-order valence-electron chi connectivity index (χ1n) is 23.1.